The highest BCUT2D eigenvalue weighted by Gasteiger charge is 2.33. The number of aliphatic hydroxyl groups excluding tert-OH is 1. The molecular weight excluding hydrogens is 244 g/mol. The van der Waals surface area contributed by atoms with E-state index >= 15 is 0 Å². The second-order valence-corrected chi connectivity index (χ2v) is 6.38. The van der Waals surface area contributed by atoms with Gasteiger partial charge in [0.15, 0.2) is 0 Å². The average Bonchev–Trinajstić information content (AvgIpc) is 2.82. The highest BCUT2D eigenvalue weighted by molar-refractivity contribution is 7.10. The van der Waals surface area contributed by atoms with E-state index in [9.17, 15) is 5.11 Å². The van der Waals surface area contributed by atoms with Crippen LogP contribution in [-0.4, -0.2) is 35.2 Å². The van der Waals surface area contributed by atoms with Crippen molar-refractivity contribution in [3.63, 3.8) is 0 Å². The fraction of sp³-hybridized carbons (Fsp3) is 0.714. The first kappa shape index (κ1) is 14.0. The summed E-state index contributed by atoms with van der Waals surface area (Å²) in [7, 11) is 2.10. The van der Waals surface area contributed by atoms with Crippen molar-refractivity contribution in [1.29, 1.82) is 0 Å². The molecule has 0 radical (unpaired) electrons. The molecule has 0 saturated heterocycles. The van der Waals surface area contributed by atoms with E-state index in [4.69, 9.17) is 5.73 Å². The van der Waals surface area contributed by atoms with Crippen molar-refractivity contribution < 1.29 is 5.11 Å². The lowest BCUT2D eigenvalue weighted by Crippen LogP contribution is -2.48. The van der Waals surface area contributed by atoms with Gasteiger partial charge in [-0.25, -0.2) is 0 Å². The lowest BCUT2D eigenvalue weighted by Gasteiger charge is -2.41. The second kappa shape index (κ2) is 6.15. The van der Waals surface area contributed by atoms with Crippen LogP contribution in [0.15, 0.2) is 17.5 Å². The van der Waals surface area contributed by atoms with Gasteiger partial charge >= 0.3 is 0 Å². The van der Waals surface area contributed by atoms with E-state index in [-0.39, 0.29) is 24.2 Å². The maximum absolute atomic E-state index is 10.2. The molecule has 0 aromatic carbocycles. The molecule has 0 spiro atoms. The third-order valence-electron chi connectivity index (χ3n) is 3.99. The fourth-order valence-corrected chi connectivity index (χ4v) is 4.06. The summed E-state index contributed by atoms with van der Waals surface area (Å²) in [6, 6.07) is 4.74. The minimum absolute atomic E-state index is 0.0720. The van der Waals surface area contributed by atoms with E-state index in [2.05, 4.69) is 36.4 Å². The highest BCUT2D eigenvalue weighted by atomic mass is 32.1. The number of aliphatic hydroxyl groups is 1. The third-order valence-corrected chi connectivity index (χ3v) is 4.93. The fourth-order valence-electron chi connectivity index (χ4n) is 3.06. The van der Waals surface area contributed by atoms with Crippen molar-refractivity contribution in [2.75, 3.05) is 7.05 Å². The molecule has 2 rings (SSSR count). The summed E-state index contributed by atoms with van der Waals surface area (Å²) in [5.41, 5.74) is 6.16. The first-order valence-corrected chi connectivity index (χ1v) is 7.68. The Morgan fingerprint density at radius 3 is 2.72 bits per heavy atom. The van der Waals surface area contributed by atoms with Crippen LogP contribution < -0.4 is 5.73 Å². The van der Waals surface area contributed by atoms with Crippen LogP contribution in [0.4, 0.5) is 0 Å². The largest absolute Gasteiger partial charge is 0.391 e. The summed E-state index contributed by atoms with van der Waals surface area (Å²) in [4.78, 5) is 3.59. The van der Waals surface area contributed by atoms with E-state index in [0.29, 0.717) is 0 Å². The van der Waals surface area contributed by atoms with Gasteiger partial charge in [-0.15, -0.1) is 11.3 Å². The Hall–Kier alpha value is -0.420. The molecule has 0 amide bonds. The number of nitrogens with zero attached hydrogens (tertiary/aromatic N) is 1. The molecule has 1 fully saturated rings. The van der Waals surface area contributed by atoms with E-state index in [1.807, 2.05) is 0 Å². The molecule has 4 atom stereocenters. The Bertz CT molecular complexity index is 353. The normalized spacial score (nSPS) is 28.3. The van der Waals surface area contributed by atoms with Gasteiger partial charge in [-0.3, -0.25) is 4.90 Å². The summed E-state index contributed by atoms with van der Waals surface area (Å²) < 4.78 is 0. The van der Waals surface area contributed by atoms with Crippen molar-refractivity contribution in [3.8, 4) is 0 Å². The molecule has 0 aliphatic heterocycles. The van der Waals surface area contributed by atoms with E-state index < -0.39 is 0 Å². The Kier molecular flexibility index (Phi) is 4.78. The zero-order valence-electron chi connectivity index (χ0n) is 11.2. The van der Waals surface area contributed by atoms with Crippen LogP contribution >= 0.6 is 11.3 Å². The van der Waals surface area contributed by atoms with Crippen LogP contribution in [0.5, 0.6) is 0 Å². The molecule has 0 bridgehead atoms. The molecule has 1 aromatic heterocycles. The topological polar surface area (TPSA) is 49.5 Å². The zero-order chi connectivity index (χ0) is 13.1. The molecule has 1 heterocycles. The van der Waals surface area contributed by atoms with E-state index in [0.717, 1.165) is 19.3 Å². The quantitative estimate of drug-likeness (QED) is 0.881. The molecule has 4 heteroatoms. The van der Waals surface area contributed by atoms with Crippen molar-refractivity contribution in [1.82, 2.24) is 4.90 Å². The average molecular weight is 268 g/mol. The molecule has 1 saturated carbocycles. The lowest BCUT2D eigenvalue weighted by molar-refractivity contribution is 0.00865. The van der Waals surface area contributed by atoms with Crippen LogP contribution in [0.1, 0.15) is 43.5 Å². The number of hydrogen-bond acceptors (Lipinski definition) is 4. The Morgan fingerprint density at radius 2 is 2.17 bits per heavy atom. The number of rotatable bonds is 4. The maximum atomic E-state index is 10.2. The Labute approximate surface area is 114 Å². The molecule has 102 valence electrons. The van der Waals surface area contributed by atoms with Gasteiger partial charge in [0, 0.05) is 17.0 Å². The van der Waals surface area contributed by atoms with Gasteiger partial charge in [0.2, 0.25) is 0 Å². The number of hydrogen-bond donors (Lipinski definition) is 2. The summed E-state index contributed by atoms with van der Waals surface area (Å²) in [6.45, 7) is 2.05. The minimum atomic E-state index is -0.204. The predicted octanol–water partition coefficient (Wildman–Crippen LogP) is 2.37. The summed E-state index contributed by atoms with van der Waals surface area (Å²) in [5, 5.41) is 12.3. The zero-order valence-corrected chi connectivity index (χ0v) is 12.1. The molecule has 3 nitrogen and oxygen atoms in total. The van der Waals surface area contributed by atoms with Gasteiger partial charge in [0.25, 0.3) is 0 Å². The molecule has 3 N–H and O–H groups in total. The van der Waals surface area contributed by atoms with E-state index in [1.165, 1.54) is 11.3 Å². The van der Waals surface area contributed by atoms with Crippen LogP contribution in [-0.2, 0) is 0 Å². The Balaban J connectivity index is 2.15. The molecule has 1 aliphatic carbocycles. The van der Waals surface area contributed by atoms with Crippen LogP contribution in [0.3, 0.4) is 0 Å². The highest BCUT2D eigenvalue weighted by Crippen LogP contribution is 2.32. The third kappa shape index (κ3) is 2.94. The van der Waals surface area contributed by atoms with Crippen LogP contribution in [0, 0.1) is 0 Å². The van der Waals surface area contributed by atoms with Gasteiger partial charge in [0.05, 0.1) is 12.1 Å². The second-order valence-electron chi connectivity index (χ2n) is 5.40. The maximum Gasteiger partial charge on any atom is 0.0695 e. The van der Waals surface area contributed by atoms with E-state index in [1.54, 1.807) is 11.3 Å². The van der Waals surface area contributed by atoms with Gasteiger partial charge < -0.3 is 10.8 Å². The predicted molar refractivity (Wildman–Crippen MR) is 76.7 cm³/mol. The van der Waals surface area contributed by atoms with Crippen LogP contribution in [0.25, 0.3) is 0 Å². The first-order chi connectivity index (χ1) is 8.61. The summed E-state index contributed by atoms with van der Waals surface area (Å²) >= 11 is 1.75. The van der Waals surface area contributed by atoms with Crippen molar-refractivity contribution in [2.24, 2.45) is 5.73 Å². The van der Waals surface area contributed by atoms with Crippen LogP contribution in [0.2, 0.25) is 0 Å². The standard InChI is InChI=1S/C14H24N2OS/c1-10(15)14(13-8-5-9-18-13)16(2)11-6-3-4-7-12(11)17/h5,8-12,14,17H,3-4,6-7,15H2,1-2H3. The molecule has 1 aromatic rings. The molecular formula is C14H24N2OS. The van der Waals surface area contributed by atoms with Crippen molar-refractivity contribution >= 4 is 11.3 Å². The smallest absolute Gasteiger partial charge is 0.0695 e. The number of thiophene rings is 1. The summed E-state index contributed by atoms with van der Waals surface area (Å²) in [5.74, 6) is 0. The molecule has 4 unspecified atom stereocenters. The minimum Gasteiger partial charge on any atom is -0.391 e. The Morgan fingerprint density at radius 1 is 1.44 bits per heavy atom. The molecule has 1 aliphatic rings. The summed E-state index contributed by atoms with van der Waals surface area (Å²) in [6.07, 6.45) is 4.15. The lowest BCUT2D eigenvalue weighted by atomic mass is 9.90. The monoisotopic (exact) mass is 268 g/mol. The van der Waals surface area contributed by atoms with Crippen molar-refractivity contribution in [3.05, 3.63) is 22.4 Å². The molecule has 18 heavy (non-hydrogen) atoms. The van der Waals surface area contributed by atoms with Gasteiger partial charge in [-0.05, 0) is 38.3 Å². The van der Waals surface area contributed by atoms with Gasteiger partial charge in [-0.2, -0.15) is 0 Å². The number of nitrogens with two attached hydrogens (primary N) is 1. The first-order valence-electron chi connectivity index (χ1n) is 6.80. The SMILES string of the molecule is CC(N)C(c1cccs1)N(C)C1CCCCC1O. The van der Waals surface area contributed by atoms with Crippen molar-refractivity contribution in [2.45, 2.75) is 56.8 Å². The number of likely N-dealkylation sites (N-methyl/N-ethyl adjacent to an activating group) is 1. The van der Waals surface area contributed by atoms with Gasteiger partial charge in [0.1, 0.15) is 0 Å². The van der Waals surface area contributed by atoms with Gasteiger partial charge in [-0.1, -0.05) is 18.9 Å².